The summed E-state index contributed by atoms with van der Waals surface area (Å²) in [6, 6.07) is 4.00. The summed E-state index contributed by atoms with van der Waals surface area (Å²) in [4.78, 5) is 21.7. The Hall–Kier alpha value is -2.04. The van der Waals surface area contributed by atoms with Crippen LogP contribution in [-0.4, -0.2) is 28.7 Å². The molecule has 0 aliphatic heterocycles. The maximum atomic E-state index is 10.8. The van der Waals surface area contributed by atoms with Gasteiger partial charge in [-0.05, 0) is 24.1 Å². The lowest BCUT2D eigenvalue weighted by molar-refractivity contribution is 0.0696. The van der Waals surface area contributed by atoms with E-state index in [1.54, 1.807) is 0 Å². The lowest BCUT2D eigenvalue weighted by Crippen LogP contribution is -2.10. The molecule has 1 rings (SSSR count). The van der Waals surface area contributed by atoms with E-state index in [1.807, 2.05) is 13.8 Å². The van der Waals surface area contributed by atoms with Crippen molar-refractivity contribution < 1.29 is 19.8 Å². The van der Waals surface area contributed by atoms with Crippen LogP contribution in [-0.2, 0) is 0 Å². The van der Waals surface area contributed by atoms with Gasteiger partial charge in [-0.2, -0.15) is 0 Å². The van der Waals surface area contributed by atoms with Crippen molar-refractivity contribution in [2.45, 2.75) is 13.8 Å². The third-order valence-corrected chi connectivity index (χ3v) is 2.14. The minimum Gasteiger partial charge on any atom is -0.478 e. The molecule has 0 saturated carbocycles. The first-order valence-electron chi connectivity index (χ1n) is 5.25. The predicted molar refractivity (Wildman–Crippen MR) is 63.7 cm³/mol. The van der Waals surface area contributed by atoms with E-state index >= 15 is 0 Å². The van der Waals surface area contributed by atoms with E-state index < -0.39 is 11.9 Å². The second kappa shape index (κ2) is 5.34. The van der Waals surface area contributed by atoms with E-state index in [-0.39, 0.29) is 11.1 Å². The maximum absolute atomic E-state index is 10.8. The number of anilines is 1. The van der Waals surface area contributed by atoms with Crippen molar-refractivity contribution in [2.24, 2.45) is 5.92 Å². The van der Waals surface area contributed by atoms with Gasteiger partial charge in [0.2, 0.25) is 0 Å². The molecule has 1 aromatic carbocycles. The zero-order valence-electron chi connectivity index (χ0n) is 9.73. The Balaban J connectivity index is 3.04. The molecular weight excluding hydrogens is 222 g/mol. The first kappa shape index (κ1) is 13.0. The van der Waals surface area contributed by atoms with Gasteiger partial charge in [-0.15, -0.1) is 0 Å². The second-order valence-corrected chi connectivity index (χ2v) is 4.18. The van der Waals surface area contributed by atoms with Crippen molar-refractivity contribution in [2.75, 3.05) is 11.9 Å². The minimum absolute atomic E-state index is 0.0313. The van der Waals surface area contributed by atoms with Crippen LogP contribution in [0.4, 0.5) is 5.69 Å². The highest BCUT2D eigenvalue weighted by atomic mass is 16.4. The highest BCUT2D eigenvalue weighted by Crippen LogP contribution is 2.16. The van der Waals surface area contributed by atoms with E-state index in [2.05, 4.69) is 5.32 Å². The van der Waals surface area contributed by atoms with Crippen molar-refractivity contribution in [3.63, 3.8) is 0 Å². The maximum Gasteiger partial charge on any atom is 0.335 e. The van der Waals surface area contributed by atoms with Crippen LogP contribution in [0.3, 0.4) is 0 Å². The smallest absolute Gasteiger partial charge is 0.335 e. The fourth-order valence-corrected chi connectivity index (χ4v) is 1.30. The molecule has 0 amide bonds. The molecule has 92 valence electrons. The topological polar surface area (TPSA) is 86.6 Å². The molecule has 0 atom stereocenters. The van der Waals surface area contributed by atoms with E-state index in [9.17, 15) is 9.59 Å². The fraction of sp³-hybridized carbons (Fsp3) is 0.333. The molecule has 0 heterocycles. The molecule has 1 aromatic rings. The Bertz CT molecular complexity index is 408. The lowest BCUT2D eigenvalue weighted by Gasteiger charge is -2.10. The molecule has 0 saturated heterocycles. The van der Waals surface area contributed by atoms with Crippen molar-refractivity contribution in [3.8, 4) is 0 Å². The molecule has 0 unspecified atom stereocenters. The predicted octanol–water partition coefficient (Wildman–Crippen LogP) is 2.15. The molecule has 5 heteroatoms. The van der Waals surface area contributed by atoms with Gasteiger partial charge in [0, 0.05) is 12.2 Å². The van der Waals surface area contributed by atoms with Crippen LogP contribution in [0.15, 0.2) is 18.2 Å². The molecule has 0 radical (unpaired) electrons. The van der Waals surface area contributed by atoms with Crippen LogP contribution in [0.25, 0.3) is 0 Å². The van der Waals surface area contributed by atoms with E-state index in [4.69, 9.17) is 10.2 Å². The van der Waals surface area contributed by atoms with Gasteiger partial charge in [-0.1, -0.05) is 13.8 Å². The monoisotopic (exact) mass is 237 g/mol. The largest absolute Gasteiger partial charge is 0.478 e. The Morgan fingerprint density at radius 3 is 1.94 bits per heavy atom. The van der Waals surface area contributed by atoms with Gasteiger partial charge in [0.05, 0.1) is 11.1 Å². The Labute approximate surface area is 99.1 Å². The molecule has 0 aliphatic carbocycles. The number of aromatic carboxylic acids is 2. The van der Waals surface area contributed by atoms with E-state index in [1.165, 1.54) is 12.1 Å². The van der Waals surface area contributed by atoms with Crippen LogP contribution < -0.4 is 5.32 Å². The number of nitrogens with one attached hydrogen (secondary N) is 1. The zero-order chi connectivity index (χ0) is 13.0. The summed E-state index contributed by atoms with van der Waals surface area (Å²) < 4.78 is 0. The number of carboxylic acids is 2. The average molecular weight is 237 g/mol. The van der Waals surface area contributed by atoms with Gasteiger partial charge in [0.15, 0.2) is 0 Å². The number of benzene rings is 1. The van der Waals surface area contributed by atoms with Gasteiger partial charge in [-0.3, -0.25) is 0 Å². The number of carbonyl (C=O) groups is 2. The summed E-state index contributed by atoms with van der Waals surface area (Å²) in [7, 11) is 0. The Kier molecular flexibility index (Phi) is 4.09. The number of carboxylic acid groups (broad SMARTS) is 2. The molecule has 17 heavy (non-hydrogen) atoms. The number of hydrogen-bond donors (Lipinski definition) is 3. The summed E-state index contributed by atoms with van der Waals surface area (Å²) in [5, 5.41) is 20.8. The highest BCUT2D eigenvalue weighted by molar-refractivity contribution is 5.95. The van der Waals surface area contributed by atoms with Gasteiger partial charge in [-0.25, -0.2) is 9.59 Å². The number of rotatable bonds is 5. The third-order valence-electron chi connectivity index (χ3n) is 2.14. The van der Waals surface area contributed by atoms with Crippen molar-refractivity contribution >= 4 is 17.6 Å². The zero-order valence-corrected chi connectivity index (χ0v) is 9.73. The second-order valence-electron chi connectivity index (χ2n) is 4.18. The first-order valence-corrected chi connectivity index (χ1v) is 5.25. The molecular formula is C12H15NO4. The van der Waals surface area contributed by atoms with E-state index in [0.29, 0.717) is 18.2 Å². The molecule has 3 N–H and O–H groups in total. The van der Waals surface area contributed by atoms with Gasteiger partial charge in [0.25, 0.3) is 0 Å². The normalized spacial score (nSPS) is 10.3. The molecule has 0 aromatic heterocycles. The van der Waals surface area contributed by atoms with E-state index in [0.717, 1.165) is 6.07 Å². The summed E-state index contributed by atoms with van der Waals surface area (Å²) in [5.74, 6) is -1.89. The summed E-state index contributed by atoms with van der Waals surface area (Å²) in [5.41, 5.74) is 0.448. The summed E-state index contributed by atoms with van der Waals surface area (Å²) in [6.45, 7) is 4.67. The molecule has 0 fully saturated rings. The Morgan fingerprint density at radius 2 is 1.59 bits per heavy atom. The molecule has 0 aliphatic rings. The highest BCUT2D eigenvalue weighted by Gasteiger charge is 2.11. The average Bonchev–Trinajstić information content (AvgIpc) is 2.25. The van der Waals surface area contributed by atoms with Crippen LogP contribution in [0.5, 0.6) is 0 Å². The molecule has 5 nitrogen and oxygen atoms in total. The number of hydrogen-bond acceptors (Lipinski definition) is 3. The summed E-state index contributed by atoms with van der Waals surface area (Å²) >= 11 is 0. The fourth-order valence-electron chi connectivity index (χ4n) is 1.30. The van der Waals surface area contributed by atoms with Crippen LogP contribution in [0.2, 0.25) is 0 Å². The van der Waals surface area contributed by atoms with Crippen LogP contribution in [0, 0.1) is 5.92 Å². The standard InChI is InChI=1S/C12H15NO4/c1-7(2)6-13-10-4-8(11(14)15)3-9(5-10)12(16)17/h3-5,7,13H,6H2,1-2H3,(H,14,15)(H,16,17). The molecule has 0 spiro atoms. The van der Waals surface area contributed by atoms with Gasteiger partial charge in [0.1, 0.15) is 0 Å². The quantitative estimate of drug-likeness (QED) is 0.730. The molecule has 0 bridgehead atoms. The van der Waals surface area contributed by atoms with Gasteiger partial charge < -0.3 is 15.5 Å². The SMILES string of the molecule is CC(C)CNc1cc(C(=O)O)cc(C(=O)O)c1. The lowest BCUT2D eigenvalue weighted by atomic mass is 10.1. The Morgan fingerprint density at radius 1 is 1.12 bits per heavy atom. The minimum atomic E-state index is -1.14. The van der Waals surface area contributed by atoms with Gasteiger partial charge >= 0.3 is 11.9 Å². The van der Waals surface area contributed by atoms with Crippen molar-refractivity contribution in [3.05, 3.63) is 29.3 Å². The third kappa shape index (κ3) is 3.79. The van der Waals surface area contributed by atoms with Crippen molar-refractivity contribution in [1.29, 1.82) is 0 Å². The summed E-state index contributed by atoms with van der Waals surface area (Å²) in [6.07, 6.45) is 0. The van der Waals surface area contributed by atoms with Crippen molar-refractivity contribution in [1.82, 2.24) is 0 Å². The van der Waals surface area contributed by atoms with Crippen LogP contribution in [0.1, 0.15) is 34.6 Å². The van der Waals surface area contributed by atoms with Crippen LogP contribution >= 0.6 is 0 Å². The first-order chi connectivity index (χ1) is 7.90.